The van der Waals surface area contributed by atoms with E-state index in [0.29, 0.717) is 27.9 Å². The van der Waals surface area contributed by atoms with Crippen LogP contribution in [-0.4, -0.2) is 24.3 Å². The van der Waals surface area contributed by atoms with E-state index >= 15 is 0 Å². The molecule has 4 N–H and O–H groups in total. The number of amides is 1. The van der Waals surface area contributed by atoms with Crippen molar-refractivity contribution in [2.24, 2.45) is 5.14 Å². The van der Waals surface area contributed by atoms with Gasteiger partial charge in [0.15, 0.2) is 0 Å². The number of H-pyrrole nitrogens is 1. The van der Waals surface area contributed by atoms with Crippen LogP contribution in [0, 0.1) is 0 Å². The second-order valence-corrected chi connectivity index (χ2v) is 6.97. The van der Waals surface area contributed by atoms with E-state index in [-0.39, 0.29) is 10.8 Å². The van der Waals surface area contributed by atoms with Crippen molar-refractivity contribution < 1.29 is 13.2 Å². The van der Waals surface area contributed by atoms with Gasteiger partial charge in [0.1, 0.15) is 5.82 Å². The number of fused-ring (bicyclic) bond motifs is 2. The predicted molar refractivity (Wildman–Crippen MR) is 90.4 cm³/mol. The van der Waals surface area contributed by atoms with Crippen LogP contribution in [0.1, 0.15) is 11.1 Å². The molecule has 1 aliphatic heterocycles. The van der Waals surface area contributed by atoms with Crippen molar-refractivity contribution in [1.82, 2.24) is 9.97 Å². The van der Waals surface area contributed by atoms with Gasteiger partial charge in [0.05, 0.1) is 10.5 Å². The van der Waals surface area contributed by atoms with Crippen LogP contribution in [0.15, 0.2) is 47.6 Å². The summed E-state index contributed by atoms with van der Waals surface area (Å²) in [5.41, 5.74) is 2.62. The molecule has 0 spiro atoms. The molecular formula is C16H12N4O3S. The highest BCUT2D eigenvalue weighted by atomic mass is 32.2. The van der Waals surface area contributed by atoms with Crippen molar-refractivity contribution in [3.05, 3.63) is 53.9 Å². The van der Waals surface area contributed by atoms with E-state index in [1.165, 1.54) is 12.1 Å². The van der Waals surface area contributed by atoms with Crippen molar-refractivity contribution in [3.8, 4) is 0 Å². The fourth-order valence-electron chi connectivity index (χ4n) is 2.74. The number of primary sulfonamides is 1. The highest BCUT2D eigenvalue weighted by Gasteiger charge is 2.25. The first-order valence-electron chi connectivity index (χ1n) is 7.06. The lowest BCUT2D eigenvalue weighted by Gasteiger charge is -2.00. The topological polar surface area (TPSA) is 118 Å². The maximum Gasteiger partial charge on any atom is 0.257 e. The molecule has 1 amide bonds. The Labute approximate surface area is 137 Å². The molecule has 0 bridgehead atoms. The number of carbonyl (C=O) groups excluding carboxylic acids is 1. The van der Waals surface area contributed by atoms with E-state index in [1.807, 2.05) is 0 Å². The van der Waals surface area contributed by atoms with Crippen LogP contribution in [0.4, 0.5) is 5.82 Å². The summed E-state index contributed by atoms with van der Waals surface area (Å²) in [4.78, 5) is 19.4. The average Bonchev–Trinajstić information content (AvgIpc) is 3.08. The fraction of sp³-hybridized carbons (Fsp3) is 0. The molecule has 24 heavy (non-hydrogen) atoms. The molecule has 2 aromatic heterocycles. The second-order valence-electron chi connectivity index (χ2n) is 5.41. The number of nitrogens with two attached hydrogens (primary N) is 1. The van der Waals surface area contributed by atoms with Crippen LogP contribution < -0.4 is 10.5 Å². The number of nitrogens with zero attached hydrogens (tertiary/aromatic N) is 1. The van der Waals surface area contributed by atoms with Gasteiger partial charge in [-0.3, -0.25) is 4.79 Å². The number of anilines is 1. The summed E-state index contributed by atoms with van der Waals surface area (Å²) in [7, 11) is -3.80. The minimum absolute atomic E-state index is 0.0205. The Morgan fingerprint density at radius 3 is 2.83 bits per heavy atom. The predicted octanol–water partition coefficient (Wildman–Crippen LogP) is 1.70. The second kappa shape index (κ2) is 5.02. The summed E-state index contributed by atoms with van der Waals surface area (Å²) in [5.74, 6) is 0.263. The summed E-state index contributed by atoms with van der Waals surface area (Å²) in [6.45, 7) is 0. The minimum atomic E-state index is -3.80. The van der Waals surface area contributed by atoms with E-state index in [9.17, 15) is 13.2 Å². The molecular weight excluding hydrogens is 328 g/mol. The minimum Gasteiger partial charge on any atom is -0.361 e. The first-order chi connectivity index (χ1) is 11.4. The van der Waals surface area contributed by atoms with Crippen LogP contribution >= 0.6 is 0 Å². The summed E-state index contributed by atoms with van der Waals surface area (Å²) in [6, 6.07) is 8.12. The van der Waals surface area contributed by atoms with Gasteiger partial charge in [-0.05, 0) is 36.4 Å². The molecule has 1 aliphatic rings. The molecule has 7 nitrogen and oxygen atoms in total. The first kappa shape index (κ1) is 14.6. The Bertz CT molecular complexity index is 1130. The maximum absolute atomic E-state index is 12.2. The van der Waals surface area contributed by atoms with Gasteiger partial charge in [-0.25, -0.2) is 18.5 Å². The SMILES string of the molecule is NS(=O)(=O)c1ccc2[nH]cc(C=C3C(=O)Nc4ncccc43)c2c1. The molecule has 0 unspecified atom stereocenters. The van der Waals surface area contributed by atoms with Crippen LogP contribution in [0.5, 0.6) is 0 Å². The van der Waals surface area contributed by atoms with E-state index < -0.39 is 10.0 Å². The Balaban J connectivity index is 1.90. The number of pyridine rings is 1. The third kappa shape index (κ3) is 2.29. The summed E-state index contributed by atoms with van der Waals surface area (Å²) < 4.78 is 23.1. The van der Waals surface area contributed by atoms with Gasteiger partial charge in [0.25, 0.3) is 5.91 Å². The molecule has 3 aromatic rings. The Kier molecular flexibility index (Phi) is 3.05. The number of rotatable bonds is 2. The third-order valence-electron chi connectivity index (χ3n) is 3.89. The first-order valence-corrected chi connectivity index (χ1v) is 8.60. The van der Waals surface area contributed by atoms with E-state index in [0.717, 1.165) is 5.52 Å². The number of carbonyl (C=O) groups is 1. The monoisotopic (exact) mass is 340 g/mol. The zero-order chi connectivity index (χ0) is 16.9. The van der Waals surface area contributed by atoms with Gasteiger partial charge >= 0.3 is 0 Å². The molecule has 0 radical (unpaired) electrons. The Hall–Kier alpha value is -2.97. The van der Waals surface area contributed by atoms with Gasteiger partial charge in [0, 0.05) is 34.4 Å². The average molecular weight is 340 g/mol. The number of hydrogen-bond donors (Lipinski definition) is 3. The molecule has 0 aliphatic carbocycles. The molecule has 0 saturated heterocycles. The smallest absolute Gasteiger partial charge is 0.257 e. The Morgan fingerprint density at radius 1 is 1.21 bits per heavy atom. The van der Waals surface area contributed by atoms with Crippen molar-refractivity contribution in [2.75, 3.05) is 5.32 Å². The molecule has 0 fully saturated rings. The number of hydrogen-bond acceptors (Lipinski definition) is 4. The van der Waals surface area contributed by atoms with Crippen LogP contribution in [0.3, 0.4) is 0 Å². The van der Waals surface area contributed by atoms with Crippen LogP contribution in [0.25, 0.3) is 22.6 Å². The van der Waals surface area contributed by atoms with Crippen LogP contribution in [0.2, 0.25) is 0 Å². The van der Waals surface area contributed by atoms with Crippen molar-refractivity contribution in [2.45, 2.75) is 4.90 Å². The van der Waals surface area contributed by atoms with Gasteiger partial charge in [-0.2, -0.15) is 0 Å². The quantitative estimate of drug-likeness (QED) is 0.615. The normalized spacial score (nSPS) is 15.7. The lowest BCUT2D eigenvalue weighted by Crippen LogP contribution is -2.11. The lowest BCUT2D eigenvalue weighted by atomic mass is 10.1. The largest absolute Gasteiger partial charge is 0.361 e. The highest BCUT2D eigenvalue weighted by molar-refractivity contribution is 7.89. The lowest BCUT2D eigenvalue weighted by molar-refractivity contribution is -0.110. The summed E-state index contributed by atoms with van der Waals surface area (Å²) in [5, 5.41) is 8.55. The van der Waals surface area contributed by atoms with Gasteiger partial charge < -0.3 is 10.3 Å². The zero-order valence-corrected chi connectivity index (χ0v) is 13.1. The summed E-state index contributed by atoms with van der Waals surface area (Å²) >= 11 is 0. The van der Waals surface area contributed by atoms with Crippen molar-refractivity contribution in [3.63, 3.8) is 0 Å². The number of nitrogens with one attached hydrogen (secondary N) is 2. The van der Waals surface area contributed by atoms with Crippen molar-refractivity contribution in [1.29, 1.82) is 0 Å². The van der Waals surface area contributed by atoms with Crippen molar-refractivity contribution >= 4 is 44.3 Å². The molecule has 120 valence electrons. The molecule has 4 rings (SSSR count). The Morgan fingerprint density at radius 2 is 2.04 bits per heavy atom. The van der Waals surface area contributed by atoms with Crippen LogP contribution in [-0.2, 0) is 14.8 Å². The summed E-state index contributed by atoms with van der Waals surface area (Å²) in [6.07, 6.45) is 5.02. The number of sulfonamides is 1. The van der Waals surface area contributed by atoms with E-state index in [2.05, 4.69) is 15.3 Å². The van der Waals surface area contributed by atoms with Gasteiger partial charge in [-0.15, -0.1) is 0 Å². The molecule has 8 heteroatoms. The molecule has 1 aromatic carbocycles. The zero-order valence-electron chi connectivity index (χ0n) is 12.3. The standard InChI is InChI=1S/C16H12N4O3S/c17-24(22,23)10-3-4-14-12(7-10)9(8-19-14)6-13-11-2-1-5-18-15(11)20-16(13)21/h1-8,19H,(H2,17,22,23)(H,18,20,21). The third-order valence-corrected chi connectivity index (χ3v) is 4.80. The number of aromatic nitrogens is 2. The van der Waals surface area contributed by atoms with Gasteiger partial charge in [0.2, 0.25) is 10.0 Å². The fourth-order valence-corrected chi connectivity index (χ4v) is 3.28. The number of aromatic amines is 1. The molecule has 3 heterocycles. The maximum atomic E-state index is 12.2. The number of benzene rings is 1. The van der Waals surface area contributed by atoms with E-state index in [1.54, 1.807) is 36.7 Å². The highest BCUT2D eigenvalue weighted by Crippen LogP contribution is 2.32. The molecule has 0 saturated carbocycles. The van der Waals surface area contributed by atoms with E-state index in [4.69, 9.17) is 5.14 Å². The van der Waals surface area contributed by atoms with Gasteiger partial charge in [-0.1, -0.05) is 0 Å². The molecule has 0 atom stereocenters.